The van der Waals surface area contributed by atoms with E-state index in [4.69, 9.17) is 0 Å². The molecule has 2 aliphatic rings. The number of sulfonamides is 1. The molecule has 0 spiro atoms. The molecule has 1 fully saturated rings. The van der Waals surface area contributed by atoms with Crippen molar-refractivity contribution in [1.82, 2.24) is 13.9 Å². The fraction of sp³-hybridized carbons (Fsp3) is 0.750. The topological polar surface area (TPSA) is 72.3 Å². The van der Waals surface area contributed by atoms with Crippen LogP contribution in [0.15, 0.2) is 11.1 Å². The van der Waals surface area contributed by atoms with E-state index in [9.17, 15) is 13.2 Å². The third kappa shape index (κ3) is 3.66. The lowest BCUT2D eigenvalue weighted by molar-refractivity contribution is 0.253. The Hall–Kier alpha value is -1.21. The second-order valence-corrected chi connectivity index (χ2v) is 9.09. The maximum Gasteiger partial charge on any atom is 0.256 e. The summed E-state index contributed by atoms with van der Waals surface area (Å²) >= 11 is 0. The van der Waals surface area contributed by atoms with Gasteiger partial charge in [0.05, 0.1) is 24.8 Å². The third-order valence-corrected chi connectivity index (χ3v) is 6.38. The van der Waals surface area contributed by atoms with Gasteiger partial charge in [0.15, 0.2) is 0 Å². The molecule has 2 atom stereocenters. The van der Waals surface area contributed by atoms with Crippen molar-refractivity contribution in [3.63, 3.8) is 0 Å². The first-order valence-electron chi connectivity index (χ1n) is 8.37. The summed E-state index contributed by atoms with van der Waals surface area (Å²) in [6.45, 7) is 3.59. The van der Waals surface area contributed by atoms with Gasteiger partial charge < -0.3 is 0 Å². The lowest BCUT2D eigenvalue weighted by Gasteiger charge is -2.28. The molecule has 0 amide bonds. The number of hydrogen-bond acceptors (Lipinski definition) is 4. The minimum absolute atomic E-state index is 0.0152. The van der Waals surface area contributed by atoms with Crippen molar-refractivity contribution >= 4 is 10.0 Å². The van der Waals surface area contributed by atoms with E-state index < -0.39 is 10.0 Å². The standard InChI is InChI=1S/C16H25N3O3S/c1-12-4-3-5-13(8-12)9-18-11-17-15-10-19(23(2,21)22)7-6-14(15)16(18)20/h11-13H,3-10H2,1-2H3. The average Bonchev–Trinajstić information content (AvgIpc) is 2.49. The van der Waals surface area contributed by atoms with Crippen LogP contribution in [0.3, 0.4) is 0 Å². The fourth-order valence-electron chi connectivity index (χ4n) is 3.85. The number of hydrogen-bond donors (Lipinski definition) is 0. The first-order valence-corrected chi connectivity index (χ1v) is 10.2. The maximum atomic E-state index is 12.7. The van der Waals surface area contributed by atoms with Gasteiger partial charge in [-0.25, -0.2) is 13.4 Å². The predicted octanol–water partition coefficient (Wildman–Crippen LogP) is 1.39. The molecule has 2 heterocycles. The second-order valence-electron chi connectivity index (χ2n) is 7.11. The highest BCUT2D eigenvalue weighted by Crippen LogP contribution is 2.29. The molecule has 128 valence electrons. The predicted molar refractivity (Wildman–Crippen MR) is 88.6 cm³/mol. The van der Waals surface area contributed by atoms with Crippen LogP contribution in [-0.2, 0) is 29.5 Å². The van der Waals surface area contributed by atoms with Crippen LogP contribution in [0.25, 0.3) is 0 Å². The molecule has 1 aliphatic heterocycles. The van der Waals surface area contributed by atoms with Gasteiger partial charge in [-0.15, -0.1) is 0 Å². The third-order valence-electron chi connectivity index (χ3n) is 5.13. The zero-order valence-corrected chi connectivity index (χ0v) is 14.7. The Balaban J connectivity index is 1.80. The summed E-state index contributed by atoms with van der Waals surface area (Å²) in [7, 11) is -3.24. The normalized spacial score (nSPS) is 26.0. The smallest absolute Gasteiger partial charge is 0.256 e. The molecule has 1 saturated carbocycles. The molecule has 0 saturated heterocycles. The number of aromatic nitrogens is 2. The highest BCUT2D eigenvalue weighted by molar-refractivity contribution is 7.88. The van der Waals surface area contributed by atoms with Crippen molar-refractivity contribution in [2.75, 3.05) is 12.8 Å². The molecule has 6 nitrogen and oxygen atoms in total. The summed E-state index contributed by atoms with van der Waals surface area (Å²) in [4.78, 5) is 17.1. The molecular formula is C16H25N3O3S. The molecular weight excluding hydrogens is 314 g/mol. The molecule has 2 unspecified atom stereocenters. The number of rotatable bonds is 3. The van der Waals surface area contributed by atoms with Gasteiger partial charge in [0.1, 0.15) is 0 Å². The van der Waals surface area contributed by atoms with Gasteiger partial charge in [-0.1, -0.05) is 19.8 Å². The largest absolute Gasteiger partial charge is 0.299 e. The molecule has 1 aliphatic carbocycles. The Morgan fingerprint density at radius 2 is 2.13 bits per heavy atom. The molecule has 1 aromatic rings. The monoisotopic (exact) mass is 339 g/mol. The van der Waals surface area contributed by atoms with E-state index in [0.29, 0.717) is 30.1 Å². The zero-order valence-electron chi connectivity index (χ0n) is 13.9. The van der Waals surface area contributed by atoms with E-state index >= 15 is 0 Å². The lowest BCUT2D eigenvalue weighted by atomic mass is 9.82. The molecule has 23 heavy (non-hydrogen) atoms. The van der Waals surface area contributed by atoms with E-state index in [1.807, 2.05) is 0 Å². The minimum Gasteiger partial charge on any atom is -0.299 e. The first-order chi connectivity index (χ1) is 10.8. The molecule has 7 heteroatoms. The van der Waals surface area contributed by atoms with E-state index in [0.717, 1.165) is 12.5 Å². The van der Waals surface area contributed by atoms with Gasteiger partial charge in [-0.05, 0) is 31.1 Å². The summed E-state index contributed by atoms with van der Waals surface area (Å²) in [5, 5.41) is 0. The maximum absolute atomic E-state index is 12.7. The van der Waals surface area contributed by atoms with E-state index in [2.05, 4.69) is 11.9 Å². The Morgan fingerprint density at radius 1 is 1.35 bits per heavy atom. The number of nitrogens with zero attached hydrogens (tertiary/aromatic N) is 3. The molecule has 0 N–H and O–H groups in total. The van der Waals surface area contributed by atoms with Gasteiger partial charge in [0.25, 0.3) is 5.56 Å². The quantitative estimate of drug-likeness (QED) is 0.834. The van der Waals surface area contributed by atoms with Crippen molar-refractivity contribution in [2.45, 2.75) is 52.1 Å². The summed E-state index contributed by atoms with van der Waals surface area (Å²) < 4.78 is 26.4. The van der Waals surface area contributed by atoms with Crippen LogP contribution in [0.4, 0.5) is 0 Å². The highest BCUT2D eigenvalue weighted by atomic mass is 32.2. The van der Waals surface area contributed by atoms with Crippen LogP contribution < -0.4 is 5.56 Å². The molecule has 3 rings (SSSR count). The molecule has 0 aromatic carbocycles. The van der Waals surface area contributed by atoms with Crippen molar-refractivity contribution in [3.05, 3.63) is 27.9 Å². The SMILES string of the molecule is CC1CCCC(Cn2cnc3c(c2=O)CCN(S(C)(=O)=O)C3)C1. The van der Waals surface area contributed by atoms with E-state index in [1.165, 1.54) is 36.2 Å². The number of fused-ring (bicyclic) bond motifs is 1. The van der Waals surface area contributed by atoms with Crippen LogP contribution in [0, 0.1) is 11.8 Å². The van der Waals surface area contributed by atoms with Gasteiger partial charge >= 0.3 is 0 Å². The van der Waals surface area contributed by atoms with Gasteiger partial charge in [-0.2, -0.15) is 4.31 Å². The lowest BCUT2D eigenvalue weighted by Crippen LogP contribution is -2.40. The molecule has 1 aromatic heterocycles. The van der Waals surface area contributed by atoms with Crippen LogP contribution in [0.1, 0.15) is 43.9 Å². The summed E-state index contributed by atoms with van der Waals surface area (Å²) in [6.07, 6.45) is 8.13. The zero-order chi connectivity index (χ0) is 16.6. The Labute approximate surface area is 137 Å². The van der Waals surface area contributed by atoms with Crippen molar-refractivity contribution in [3.8, 4) is 0 Å². The van der Waals surface area contributed by atoms with Crippen molar-refractivity contribution < 1.29 is 8.42 Å². The summed E-state index contributed by atoms with van der Waals surface area (Å²) in [5.74, 6) is 1.28. The average molecular weight is 339 g/mol. The van der Waals surface area contributed by atoms with Crippen LogP contribution in [0.2, 0.25) is 0 Å². The summed E-state index contributed by atoms with van der Waals surface area (Å²) in [5.41, 5.74) is 1.32. The van der Waals surface area contributed by atoms with Crippen molar-refractivity contribution in [2.24, 2.45) is 11.8 Å². The summed E-state index contributed by atoms with van der Waals surface area (Å²) in [6, 6.07) is 0. The van der Waals surface area contributed by atoms with Gasteiger partial charge in [0, 0.05) is 18.7 Å². The van der Waals surface area contributed by atoms with Crippen LogP contribution in [0.5, 0.6) is 0 Å². The Bertz CT molecular complexity index is 741. The highest BCUT2D eigenvalue weighted by Gasteiger charge is 2.27. The molecule has 0 radical (unpaired) electrons. The Kier molecular flexibility index (Phi) is 4.60. The fourth-order valence-corrected chi connectivity index (χ4v) is 4.63. The molecule has 0 bridgehead atoms. The second kappa shape index (κ2) is 6.36. The van der Waals surface area contributed by atoms with Gasteiger partial charge in [-0.3, -0.25) is 9.36 Å². The Morgan fingerprint density at radius 3 is 2.83 bits per heavy atom. The van der Waals surface area contributed by atoms with E-state index in [-0.39, 0.29) is 12.1 Å². The minimum atomic E-state index is -3.24. The van der Waals surface area contributed by atoms with Crippen LogP contribution in [-0.4, -0.2) is 35.1 Å². The first kappa shape index (κ1) is 16.6. The van der Waals surface area contributed by atoms with Crippen molar-refractivity contribution in [1.29, 1.82) is 0 Å². The van der Waals surface area contributed by atoms with E-state index in [1.54, 1.807) is 10.9 Å². The van der Waals surface area contributed by atoms with Crippen LogP contribution >= 0.6 is 0 Å². The van der Waals surface area contributed by atoms with Gasteiger partial charge in [0.2, 0.25) is 10.0 Å².